The predicted molar refractivity (Wildman–Crippen MR) is 98.1 cm³/mol. The molecule has 3 heterocycles. The van der Waals surface area contributed by atoms with Gasteiger partial charge in [-0.25, -0.2) is 4.98 Å². The lowest BCUT2D eigenvalue weighted by Crippen LogP contribution is -2.15. The SMILES string of the molecule is Cc1cccc(C)c1NC(=O)c1cc(-c2ccco2)nc2onc(C)c12. The number of aryl methyl sites for hydroxylation is 3. The maximum atomic E-state index is 13.1. The third-order valence-corrected chi connectivity index (χ3v) is 4.36. The van der Waals surface area contributed by atoms with E-state index >= 15 is 0 Å². The number of pyridine rings is 1. The van der Waals surface area contributed by atoms with E-state index in [4.69, 9.17) is 8.94 Å². The number of hydrogen-bond acceptors (Lipinski definition) is 5. The van der Waals surface area contributed by atoms with Gasteiger partial charge < -0.3 is 14.3 Å². The maximum absolute atomic E-state index is 13.1. The minimum Gasteiger partial charge on any atom is -0.463 e. The zero-order valence-corrected chi connectivity index (χ0v) is 14.7. The Kier molecular flexibility index (Phi) is 3.80. The van der Waals surface area contributed by atoms with Crippen LogP contribution in [0.3, 0.4) is 0 Å². The molecule has 0 radical (unpaired) electrons. The van der Waals surface area contributed by atoms with Crippen LogP contribution in [0.15, 0.2) is 51.6 Å². The van der Waals surface area contributed by atoms with E-state index in [-0.39, 0.29) is 5.91 Å². The zero-order chi connectivity index (χ0) is 18.3. The Balaban J connectivity index is 1.84. The van der Waals surface area contributed by atoms with Gasteiger partial charge in [0.1, 0.15) is 5.69 Å². The number of anilines is 1. The molecule has 0 aliphatic rings. The van der Waals surface area contributed by atoms with Gasteiger partial charge in [-0.15, -0.1) is 0 Å². The van der Waals surface area contributed by atoms with Crippen LogP contribution < -0.4 is 5.32 Å². The van der Waals surface area contributed by atoms with Crippen molar-refractivity contribution >= 4 is 22.7 Å². The number of rotatable bonds is 3. The van der Waals surface area contributed by atoms with Gasteiger partial charge in [-0.05, 0) is 50.1 Å². The molecule has 1 amide bonds. The second kappa shape index (κ2) is 6.15. The summed E-state index contributed by atoms with van der Waals surface area (Å²) in [6, 6.07) is 11.1. The van der Waals surface area contributed by atoms with E-state index in [0.29, 0.717) is 33.8 Å². The summed E-state index contributed by atoms with van der Waals surface area (Å²) in [6.45, 7) is 5.71. The second-order valence-corrected chi connectivity index (χ2v) is 6.20. The Bertz CT molecular complexity index is 1090. The highest BCUT2D eigenvalue weighted by atomic mass is 16.5. The smallest absolute Gasteiger partial charge is 0.259 e. The molecule has 0 saturated carbocycles. The molecule has 0 saturated heterocycles. The molecule has 1 N–H and O–H groups in total. The van der Waals surface area contributed by atoms with Crippen molar-refractivity contribution in [1.82, 2.24) is 10.1 Å². The Labute approximate surface area is 149 Å². The predicted octanol–water partition coefficient (Wildman–Crippen LogP) is 4.66. The summed E-state index contributed by atoms with van der Waals surface area (Å²) in [5, 5.41) is 7.57. The highest BCUT2D eigenvalue weighted by molar-refractivity contribution is 6.13. The average molecular weight is 347 g/mol. The van der Waals surface area contributed by atoms with Crippen molar-refractivity contribution in [2.75, 3.05) is 5.32 Å². The van der Waals surface area contributed by atoms with E-state index in [2.05, 4.69) is 15.5 Å². The Morgan fingerprint density at radius 3 is 2.54 bits per heavy atom. The number of para-hydroxylation sites is 1. The quantitative estimate of drug-likeness (QED) is 0.583. The molecule has 3 aromatic heterocycles. The largest absolute Gasteiger partial charge is 0.463 e. The second-order valence-electron chi connectivity index (χ2n) is 6.20. The van der Waals surface area contributed by atoms with Crippen molar-refractivity contribution in [3.05, 3.63) is 65.0 Å². The third-order valence-electron chi connectivity index (χ3n) is 4.36. The van der Waals surface area contributed by atoms with Crippen LogP contribution in [0.2, 0.25) is 0 Å². The summed E-state index contributed by atoms with van der Waals surface area (Å²) >= 11 is 0. The van der Waals surface area contributed by atoms with E-state index in [1.165, 1.54) is 0 Å². The van der Waals surface area contributed by atoms with Crippen LogP contribution in [-0.2, 0) is 0 Å². The molecule has 6 heteroatoms. The van der Waals surface area contributed by atoms with Crippen LogP contribution in [0, 0.1) is 20.8 Å². The van der Waals surface area contributed by atoms with E-state index in [9.17, 15) is 4.79 Å². The van der Waals surface area contributed by atoms with Gasteiger partial charge in [-0.3, -0.25) is 4.79 Å². The van der Waals surface area contributed by atoms with Gasteiger partial charge in [-0.2, -0.15) is 0 Å². The molecule has 0 atom stereocenters. The van der Waals surface area contributed by atoms with Crippen molar-refractivity contribution in [2.45, 2.75) is 20.8 Å². The molecule has 6 nitrogen and oxygen atoms in total. The van der Waals surface area contributed by atoms with Crippen molar-refractivity contribution in [3.8, 4) is 11.5 Å². The van der Waals surface area contributed by atoms with E-state index in [0.717, 1.165) is 16.8 Å². The van der Waals surface area contributed by atoms with Gasteiger partial charge in [0.25, 0.3) is 11.6 Å². The molecular weight excluding hydrogens is 330 g/mol. The molecule has 4 aromatic rings. The minimum atomic E-state index is -0.242. The average Bonchev–Trinajstić information content (AvgIpc) is 3.28. The van der Waals surface area contributed by atoms with Crippen LogP contribution >= 0.6 is 0 Å². The first-order chi connectivity index (χ1) is 12.5. The molecule has 0 aliphatic heterocycles. The van der Waals surface area contributed by atoms with Crippen LogP contribution in [0.4, 0.5) is 5.69 Å². The first-order valence-electron chi connectivity index (χ1n) is 8.23. The summed E-state index contributed by atoms with van der Waals surface area (Å²) in [6.07, 6.45) is 1.56. The summed E-state index contributed by atoms with van der Waals surface area (Å²) < 4.78 is 10.7. The molecule has 0 fully saturated rings. The molecule has 26 heavy (non-hydrogen) atoms. The number of hydrogen-bond donors (Lipinski definition) is 1. The number of nitrogens with zero attached hydrogens (tertiary/aromatic N) is 2. The standard InChI is InChI=1S/C20H17N3O3/c1-11-6-4-7-12(2)18(11)22-19(24)14-10-15(16-8-5-9-25-16)21-20-17(14)13(3)23-26-20/h4-10H,1-3H3,(H,22,24). The number of nitrogens with one attached hydrogen (secondary N) is 1. The highest BCUT2D eigenvalue weighted by Crippen LogP contribution is 2.28. The molecular formula is C20H17N3O3. The molecule has 0 unspecified atom stereocenters. The number of furan rings is 1. The number of amides is 1. The molecule has 130 valence electrons. The van der Waals surface area contributed by atoms with Crippen LogP contribution in [0.1, 0.15) is 27.2 Å². The first kappa shape index (κ1) is 16.1. The monoisotopic (exact) mass is 347 g/mol. The number of carbonyl (C=O) groups is 1. The zero-order valence-electron chi connectivity index (χ0n) is 14.7. The fraction of sp³-hybridized carbons (Fsp3) is 0.150. The maximum Gasteiger partial charge on any atom is 0.259 e. The van der Waals surface area contributed by atoms with Gasteiger partial charge in [0.2, 0.25) is 0 Å². The van der Waals surface area contributed by atoms with Gasteiger partial charge in [-0.1, -0.05) is 23.4 Å². The number of fused-ring (bicyclic) bond motifs is 1. The first-order valence-corrected chi connectivity index (χ1v) is 8.23. The third kappa shape index (κ3) is 2.65. The fourth-order valence-electron chi connectivity index (χ4n) is 3.02. The minimum absolute atomic E-state index is 0.242. The number of aromatic nitrogens is 2. The van der Waals surface area contributed by atoms with Crippen molar-refractivity contribution in [2.24, 2.45) is 0 Å². The van der Waals surface area contributed by atoms with Gasteiger partial charge in [0, 0.05) is 5.69 Å². The van der Waals surface area contributed by atoms with Crippen molar-refractivity contribution in [1.29, 1.82) is 0 Å². The van der Waals surface area contributed by atoms with Crippen LogP contribution in [0.25, 0.3) is 22.6 Å². The highest BCUT2D eigenvalue weighted by Gasteiger charge is 2.21. The fourth-order valence-corrected chi connectivity index (χ4v) is 3.02. The number of carbonyl (C=O) groups excluding carboxylic acids is 1. The lowest BCUT2D eigenvalue weighted by molar-refractivity contribution is 0.102. The van der Waals surface area contributed by atoms with E-state index in [1.54, 1.807) is 31.4 Å². The van der Waals surface area contributed by atoms with E-state index in [1.807, 2.05) is 32.0 Å². The Morgan fingerprint density at radius 1 is 1.08 bits per heavy atom. The molecule has 1 aromatic carbocycles. The van der Waals surface area contributed by atoms with E-state index < -0.39 is 0 Å². The molecule has 0 bridgehead atoms. The molecule has 0 spiro atoms. The topological polar surface area (TPSA) is 81.2 Å². The van der Waals surface area contributed by atoms with Gasteiger partial charge in [0.05, 0.1) is 22.9 Å². The van der Waals surface area contributed by atoms with Crippen LogP contribution in [-0.4, -0.2) is 16.0 Å². The number of benzene rings is 1. The molecule has 0 aliphatic carbocycles. The summed E-state index contributed by atoms with van der Waals surface area (Å²) in [4.78, 5) is 17.5. The van der Waals surface area contributed by atoms with Gasteiger partial charge >= 0.3 is 0 Å². The molecule has 4 rings (SSSR count). The normalized spacial score (nSPS) is 11.0. The Morgan fingerprint density at radius 2 is 1.85 bits per heavy atom. The summed E-state index contributed by atoms with van der Waals surface area (Å²) in [5.41, 5.74) is 4.69. The van der Waals surface area contributed by atoms with Crippen molar-refractivity contribution < 1.29 is 13.7 Å². The van der Waals surface area contributed by atoms with Crippen molar-refractivity contribution in [3.63, 3.8) is 0 Å². The van der Waals surface area contributed by atoms with Gasteiger partial charge in [0.15, 0.2) is 5.76 Å². The Hall–Kier alpha value is -3.41. The van der Waals surface area contributed by atoms with Crippen LogP contribution in [0.5, 0.6) is 0 Å². The summed E-state index contributed by atoms with van der Waals surface area (Å²) in [7, 11) is 0. The lowest BCUT2D eigenvalue weighted by Gasteiger charge is -2.12. The lowest BCUT2D eigenvalue weighted by atomic mass is 10.1. The summed E-state index contributed by atoms with van der Waals surface area (Å²) in [5.74, 6) is 0.316.